The second-order valence-corrected chi connectivity index (χ2v) is 9.28. The second-order valence-electron chi connectivity index (χ2n) is 7.29. The van der Waals surface area contributed by atoms with E-state index in [1.807, 2.05) is 58.0 Å². The lowest BCUT2D eigenvalue weighted by Crippen LogP contribution is -2.50. The molecule has 25 heavy (non-hydrogen) atoms. The maximum Gasteiger partial charge on any atom is 0.494 e. The quantitative estimate of drug-likeness (QED) is 0.789. The van der Waals surface area contributed by atoms with Gasteiger partial charge in [0.1, 0.15) is 0 Å². The van der Waals surface area contributed by atoms with Gasteiger partial charge in [0.2, 0.25) is 0 Å². The number of aryl methyl sites for hydroxylation is 1. The number of benzene rings is 2. The van der Waals surface area contributed by atoms with Gasteiger partial charge in [-0.05, 0) is 45.3 Å². The molecular weight excluding hydrogens is 335 g/mol. The average Bonchev–Trinajstić information content (AvgIpc) is 2.77. The molecule has 1 saturated heterocycles. The summed E-state index contributed by atoms with van der Waals surface area (Å²) in [5.41, 5.74) is 0.199. The molecule has 2 aromatic carbocycles. The Morgan fingerprint density at radius 1 is 0.920 bits per heavy atom. The van der Waals surface area contributed by atoms with Crippen LogP contribution in [0.25, 0.3) is 0 Å². The molecule has 0 N–H and O–H groups in total. The molecule has 0 amide bonds. The summed E-state index contributed by atoms with van der Waals surface area (Å²) in [5.74, 6) is -0.139. The lowest BCUT2D eigenvalue weighted by molar-refractivity contribution is 0.00836. The minimum atomic E-state index is -3.50. The molecule has 0 aliphatic carbocycles. The highest BCUT2D eigenvalue weighted by molar-refractivity contribution is 7.91. The summed E-state index contributed by atoms with van der Waals surface area (Å²) >= 11 is 0. The van der Waals surface area contributed by atoms with Gasteiger partial charge in [-0.15, -0.1) is 0 Å². The molecule has 1 heterocycles. The molecule has 1 aliphatic heterocycles. The Labute approximate surface area is 150 Å². The Hall–Kier alpha value is -1.63. The van der Waals surface area contributed by atoms with E-state index in [0.717, 1.165) is 11.0 Å². The van der Waals surface area contributed by atoms with Gasteiger partial charge >= 0.3 is 7.12 Å². The fraction of sp³-hybridized carbons (Fsp3) is 0.368. The first-order valence-electron chi connectivity index (χ1n) is 8.33. The summed E-state index contributed by atoms with van der Waals surface area (Å²) < 4.78 is 38.0. The van der Waals surface area contributed by atoms with Crippen molar-refractivity contribution in [3.8, 4) is 0 Å². The van der Waals surface area contributed by atoms with Crippen molar-refractivity contribution >= 4 is 22.4 Å². The van der Waals surface area contributed by atoms with Gasteiger partial charge in [-0.2, -0.15) is 0 Å². The molecule has 1 fully saturated rings. The van der Waals surface area contributed by atoms with Crippen LogP contribution in [0, 0.1) is 6.92 Å². The zero-order chi connectivity index (χ0) is 18.3. The topological polar surface area (TPSA) is 52.6 Å². The van der Waals surface area contributed by atoms with E-state index in [-0.39, 0.29) is 5.75 Å². The number of sulfone groups is 1. The fourth-order valence-corrected chi connectivity index (χ4v) is 4.80. The molecule has 2 aromatic rings. The van der Waals surface area contributed by atoms with Crippen molar-refractivity contribution in [3.63, 3.8) is 0 Å². The van der Waals surface area contributed by atoms with Gasteiger partial charge in [-0.25, -0.2) is 8.42 Å². The Kier molecular flexibility index (Phi) is 4.56. The van der Waals surface area contributed by atoms with Crippen LogP contribution >= 0.6 is 0 Å². The van der Waals surface area contributed by atoms with Gasteiger partial charge in [0, 0.05) is 0 Å². The van der Waals surface area contributed by atoms with Gasteiger partial charge in [0.15, 0.2) is 9.84 Å². The van der Waals surface area contributed by atoms with Crippen LogP contribution in [0.3, 0.4) is 0 Å². The van der Waals surface area contributed by atoms with Gasteiger partial charge in [-0.3, -0.25) is 0 Å². The van der Waals surface area contributed by atoms with Gasteiger partial charge < -0.3 is 9.31 Å². The first kappa shape index (κ1) is 18.2. The van der Waals surface area contributed by atoms with Gasteiger partial charge in [-0.1, -0.05) is 48.0 Å². The van der Waals surface area contributed by atoms with E-state index >= 15 is 0 Å². The van der Waals surface area contributed by atoms with E-state index in [2.05, 4.69) is 0 Å². The number of hydrogen-bond donors (Lipinski definition) is 0. The van der Waals surface area contributed by atoms with Crippen LogP contribution in [0.5, 0.6) is 0 Å². The van der Waals surface area contributed by atoms with E-state index in [9.17, 15) is 8.42 Å². The number of hydrogen-bond acceptors (Lipinski definition) is 4. The highest BCUT2D eigenvalue weighted by Crippen LogP contribution is 2.39. The lowest BCUT2D eigenvalue weighted by atomic mass is 9.79. The Morgan fingerprint density at radius 3 is 2.12 bits per heavy atom. The van der Waals surface area contributed by atoms with E-state index in [1.54, 1.807) is 24.3 Å². The zero-order valence-electron chi connectivity index (χ0n) is 15.0. The zero-order valence-corrected chi connectivity index (χ0v) is 15.8. The predicted octanol–water partition coefficient (Wildman–Crippen LogP) is 2.75. The molecule has 1 aliphatic rings. The third-order valence-electron chi connectivity index (χ3n) is 4.96. The normalized spacial score (nSPS) is 23.0. The van der Waals surface area contributed by atoms with Crippen LogP contribution in [0.1, 0.15) is 26.3 Å². The molecule has 132 valence electrons. The molecule has 3 rings (SSSR count). The summed E-state index contributed by atoms with van der Waals surface area (Å²) in [5, 5.41) is 0. The van der Waals surface area contributed by atoms with Crippen LogP contribution in [-0.2, 0) is 19.1 Å². The summed E-state index contributed by atoms with van der Waals surface area (Å²) in [7, 11) is -4.08. The molecule has 0 bridgehead atoms. The van der Waals surface area contributed by atoms with E-state index in [1.165, 1.54) is 0 Å². The third kappa shape index (κ3) is 3.52. The van der Waals surface area contributed by atoms with Crippen LogP contribution < -0.4 is 5.46 Å². The van der Waals surface area contributed by atoms with Crippen molar-refractivity contribution in [2.24, 2.45) is 0 Å². The van der Waals surface area contributed by atoms with E-state index < -0.39 is 28.2 Å². The molecule has 1 unspecified atom stereocenters. The minimum Gasteiger partial charge on any atom is -0.399 e. The van der Waals surface area contributed by atoms with Crippen molar-refractivity contribution in [1.29, 1.82) is 0 Å². The molecule has 0 spiro atoms. The van der Waals surface area contributed by atoms with E-state index in [4.69, 9.17) is 9.31 Å². The van der Waals surface area contributed by atoms with Crippen molar-refractivity contribution < 1.29 is 17.7 Å². The Balaban J connectivity index is 1.88. The summed E-state index contributed by atoms with van der Waals surface area (Å²) in [4.78, 5) is 0.307. The maximum absolute atomic E-state index is 12.9. The average molecular weight is 358 g/mol. The Morgan fingerprint density at radius 2 is 1.52 bits per heavy atom. The standard InChI is InChI=1S/C19H23BO4S/c1-15-10-12-17(13-11-15)25(21,22)14-19(4)18(2,3)23-20(24-19)16-8-6-5-7-9-16/h5-13H,14H2,1-4H3. The molecule has 0 radical (unpaired) electrons. The third-order valence-corrected chi connectivity index (χ3v) is 6.88. The fourth-order valence-electron chi connectivity index (χ4n) is 2.94. The first-order chi connectivity index (χ1) is 11.6. The SMILES string of the molecule is Cc1ccc(S(=O)(=O)CC2(C)OB(c3ccccc3)OC2(C)C)cc1. The lowest BCUT2D eigenvalue weighted by Gasteiger charge is -2.36. The molecule has 1 atom stereocenters. The molecule has 0 aromatic heterocycles. The minimum absolute atomic E-state index is 0.139. The monoisotopic (exact) mass is 358 g/mol. The van der Waals surface area contributed by atoms with Crippen molar-refractivity contribution in [2.45, 2.75) is 43.8 Å². The molecule has 6 heteroatoms. The number of rotatable bonds is 4. The smallest absolute Gasteiger partial charge is 0.399 e. The molecular formula is C19H23BO4S. The highest BCUT2D eigenvalue weighted by Gasteiger charge is 2.56. The van der Waals surface area contributed by atoms with Crippen LogP contribution in [0.15, 0.2) is 59.5 Å². The van der Waals surface area contributed by atoms with Crippen LogP contribution in [0.2, 0.25) is 0 Å². The van der Waals surface area contributed by atoms with Gasteiger partial charge in [0.25, 0.3) is 0 Å². The van der Waals surface area contributed by atoms with Crippen molar-refractivity contribution in [3.05, 3.63) is 60.2 Å². The van der Waals surface area contributed by atoms with Crippen molar-refractivity contribution in [2.75, 3.05) is 5.75 Å². The molecule has 0 saturated carbocycles. The van der Waals surface area contributed by atoms with Crippen LogP contribution in [-0.4, -0.2) is 32.5 Å². The second kappa shape index (κ2) is 6.27. The van der Waals surface area contributed by atoms with Crippen LogP contribution in [0.4, 0.5) is 0 Å². The Bertz CT molecular complexity index is 847. The summed E-state index contributed by atoms with van der Waals surface area (Å²) in [6.45, 7) is 7.49. The first-order valence-corrected chi connectivity index (χ1v) is 9.98. The van der Waals surface area contributed by atoms with Crippen molar-refractivity contribution in [1.82, 2.24) is 0 Å². The highest BCUT2D eigenvalue weighted by atomic mass is 32.2. The van der Waals surface area contributed by atoms with Gasteiger partial charge in [0.05, 0.1) is 21.9 Å². The largest absolute Gasteiger partial charge is 0.494 e. The maximum atomic E-state index is 12.9. The van der Waals surface area contributed by atoms with E-state index in [0.29, 0.717) is 4.90 Å². The summed E-state index contributed by atoms with van der Waals surface area (Å²) in [6, 6.07) is 16.5. The summed E-state index contributed by atoms with van der Waals surface area (Å²) in [6.07, 6.45) is 0. The molecule has 4 nitrogen and oxygen atoms in total. The predicted molar refractivity (Wildman–Crippen MR) is 99.7 cm³/mol.